The number of aryl methyl sites for hydroxylation is 3. The Hall–Kier alpha value is -3.21. The van der Waals surface area contributed by atoms with E-state index in [0.717, 1.165) is 35.2 Å². The van der Waals surface area contributed by atoms with Crippen LogP contribution in [0.15, 0.2) is 54.7 Å². The summed E-state index contributed by atoms with van der Waals surface area (Å²) in [5.74, 6) is 0.170. The molecule has 4 rings (SSSR count). The zero-order chi connectivity index (χ0) is 21.6. The molecule has 0 amide bonds. The van der Waals surface area contributed by atoms with Crippen LogP contribution in [0.25, 0.3) is 11.1 Å². The van der Waals surface area contributed by atoms with Gasteiger partial charge in [0.15, 0.2) is 0 Å². The van der Waals surface area contributed by atoms with Gasteiger partial charge in [-0.2, -0.15) is 0 Å². The zero-order valence-corrected chi connectivity index (χ0v) is 17.7. The van der Waals surface area contributed by atoms with Crippen molar-refractivity contribution in [2.45, 2.75) is 45.6 Å². The molecule has 0 bridgehead atoms. The molecule has 0 N–H and O–H groups in total. The molecule has 0 fully saturated rings. The number of pyridine rings is 1. The molecule has 0 saturated carbocycles. The third-order valence-corrected chi connectivity index (χ3v) is 5.56. The van der Waals surface area contributed by atoms with Crippen molar-refractivity contribution in [2.75, 3.05) is 6.61 Å². The molecule has 160 valence electrons. The Kier molecular flexibility index (Phi) is 6.60. The van der Waals surface area contributed by atoms with Gasteiger partial charge in [0.2, 0.25) is 0 Å². The molecule has 1 aliphatic carbocycles. The van der Waals surface area contributed by atoms with E-state index >= 15 is 0 Å². The fourth-order valence-electron chi connectivity index (χ4n) is 3.78. The predicted molar refractivity (Wildman–Crippen MR) is 117 cm³/mol. The number of halogens is 1. The molecule has 1 aromatic heterocycles. The summed E-state index contributed by atoms with van der Waals surface area (Å²) in [7, 11) is 0. The van der Waals surface area contributed by atoms with E-state index in [1.54, 1.807) is 13.1 Å². The van der Waals surface area contributed by atoms with Gasteiger partial charge in [0.1, 0.15) is 18.2 Å². The third-order valence-electron chi connectivity index (χ3n) is 5.56. The zero-order valence-electron chi connectivity index (χ0n) is 17.7. The number of ether oxygens (including phenoxy) is 2. The Labute approximate surface area is 182 Å². The first-order valence-electron chi connectivity index (χ1n) is 10.8. The molecule has 31 heavy (non-hydrogen) atoms. The minimum absolute atomic E-state index is 0.180. The molecule has 0 aliphatic heterocycles. The molecule has 0 unspecified atom stereocenters. The van der Waals surface area contributed by atoms with Gasteiger partial charge in [-0.1, -0.05) is 24.3 Å². The molecule has 0 spiro atoms. The summed E-state index contributed by atoms with van der Waals surface area (Å²) in [6.07, 6.45) is 5.70. The summed E-state index contributed by atoms with van der Waals surface area (Å²) in [6, 6.07) is 15.0. The molecule has 5 heteroatoms. The maximum absolute atomic E-state index is 13.9. The largest absolute Gasteiger partial charge is 0.487 e. The van der Waals surface area contributed by atoms with Gasteiger partial charge in [0.05, 0.1) is 12.8 Å². The molecule has 4 nitrogen and oxygen atoms in total. The second kappa shape index (κ2) is 9.73. The maximum Gasteiger partial charge on any atom is 0.305 e. The molecule has 1 heterocycles. The van der Waals surface area contributed by atoms with E-state index in [2.05, 4.69) is 23.2 Å². The van der Waals surface area contributed by atoms with Crippen LogP contribution in [-0.4, -0.2) is 17.6 Å². The molecular formula is C26H26FNO3. The van der Waals surface area contributed by atoms with Gasteiger partial charge in [-0.15, -0.1) is 0 Å². The number of hydrogen-bond acceptors (Lipinski definition) is 4. The normalized spacial score (nSPS) is 12.1. The third kappa shape index (κ3) is 5.29. The van der Waals surface area contributed by atoms with E-state index < -0.39 is 0 Å². The summed E-state index contributed by atoms with van der Waals surface area (Å²) in [5, 5.41) is 0. The lowest BCUT2D eigenvalue weighted by Gasteiger charge is -2.20. The molecule has 3 aromatic rings. The maximum atomic E-state index is 13.9. The van der Waals surface area contributed by atoms with Crippen LogP contribution in [0.2, 0.25) is 0 Å². The molecule has 0 radical (unpaired) electrons. The highest BCUT2D eigenvalue weighted by atomic mass is 19.1. The Morgan fingerprint density at radius 1 is 1.06 bits per heavy atom. The summed E-state index contributed by atoms with van der Waals surface area (Å²) in [5.41, 5.74) is 6.54. The van der Waals surface area contributed by atoms with Crippen molar-refractivity contribution < 1.29 is 18.7 Å². The molecular weight excluding hydrogens is 393 g/mol. The summed E-state index contributed by atoms with van der Waals surface area (Å²) < 4.78 is 24.8. The summed E-state index contributed by atoms with van der Waals surface area (Å²) in [6.45, 7) is 2.46. The van der Waals surface area contributed by atoms with Crippen LogP contribution in [0, 0.1) is 5.82 Å². The SMILES string of the molecule is CCOC(=O)CCCc1ccc(OCc2cc(F)ccc2-c2ccc3c(c2)CC3)cn1. The van der Waals surface area contributed by atoms with Crippen LogP contribution < -0.4 is 4.74 Å². The van der Waals surface area contributed by atoms with Gasteiger partial charge in [-0.25, -0.2) is 4.39 Å². The fourth-order valence-corrected chi connectivity index (χ4v) is 3.78. The highest BCUT2D eigenvalue weighted by molar-refractivity contribution is 5.70. The van der Waals surface area contributed by atoms with Gasteiger partial charge in [-0.05, 0) is 84.7 Å². The molecule has 0 saturated heterocycles. The highest BCUT2D eigenvalue weighted by Crippen LogP contribution is 2.31. The van der Waals surface area contributed by atoms with Crippen molar-refractivity contribution in [1.29, 1.82) is 0 Å². The van der Waals surface area contributed by atoms with Crippen LogP contribution in [-0.2, 0) is 35.4 Å². The second-order valence-corrected chi connectivity index (χ2v) is 7.72. The first kappa shape index (κ1) is 21.0. The second-order valence-electron chi connectivity index (χ2n) is 7.72. The van der Waals surface area contributed by atoms with Crippen LogP contribution >= 0.6 is 0 Å². The van der Waals surface area contributed by atoms with Crippen molar-refractivity contribution >= 4 is 5.97 Å². The smallest absolute Gasteiger partial charge is 0.305 e. The predicted octanol–water partition coefficient (Wildman–Crippen LogP) is 5.45. The average Bonchev–Trinajstić information content (AvgIpc) is 2.75. The Bertz CT molecular complexity index is 1060. The summed E-state index contributed by atoms with van der Waals surface area (Å²) in [4.78, 5) is 15.8. The number of esters is 1. The molecule has 0 atom stereocenters. The van der Waals surface area contributed by atoms with Crippen LogP contribution in [0.3, 0.4) is 0 Å². The van der Waals surface area contributed by atoms with Gasteiger partial charge in [0, 0.05) is 12.1 Å². The number of hydrogen-bond donors (Lipinski definition) is 0. The Morgan fingerprint density at radius 3 is 2.65 bits per heavy atom. The van der Waals surface area contributed by atoms with Crippen molar-refractivity contribution in [3.63, 3.8) is 0 Å². The Balaban J connectivity index is 1.38. The minimum Gasteiger partial charge on any atom is -0.487 e. The van der Waals surface area contributed by atoms with Gasteiger partial charge in [-0.3, -0.25) is 9.78 Å². The number of rotatable bonds is 9. The van der Waals surface area contributed by atoms with E-state index in [1.165, 1.54) is 23.3 Å². The Morgan fingerprint density at radius 2 is 1.94 bits per heavy atom. The number of aromatic nitrogens is 1. The van der Waals surface area contributed by atoms with Crippen molar-refractivity contribution in [3.05, 3.63) is 82.9 Å². The minimum atomic E-state index is -0.277. The number of benzene rings is 2. The monoisotopic (exact) mass is 419 g/mol. The standard InChI is InChI=1S/C26H26FNO3/c1-2-30-26(29)5-3-4-23-11-12-24(16-28-23)31-17-21-15-22(27)10-13-25(21)20-9-7-18-6-8-19(18)14-20/h7,9-16H,2-6,8,17H2,1H3. The lowest BCUT2D eigenvalue weighted by molar-refractivity contribution is -0.143. The van der Waals surface area contributed by atoms with Gasteiger partial charge in [0.25, 0.3) is 0 Å². The average molecular weight is 419 g/mol. The first-order chi connectivity index (χ1) is 15.1. The van der Waals surface area contributed by atoms with Gasteiger partial charge >= 0.3 is 5.97 Å². The molecule has 1 aliphatic rings. The van der Waals surface area contributed by atoms with E-state index in [-0.39, 0.29) is 18.4 Å². The number of nitrogens with zero attached hydrogens (tertiary/aromatic N) is 1. The number of carbonyl (C=O) groups is 1. The van der Waals surface area contributed by atoms with Crippen LogP contribution in [0.5, 0.6) is 5.75 Å². The lowest BCUT2D eigenvalue weighted by Crippen LogP contribution is -2.08. The van der Waals surface area contributed by atoms with Crippen LogP contribution in [0.4, 0.5) is 4.39 Å². The summed E-state index contributed by atoms with van der Waals surface area (Å²) >= 11 is 0. The number of carbonyl (C=O) groups excluding carboxylic acids is 1. The quantitative estimate of drug-likeness (QED) is 0.433. The van der Waals surface area contributed by atoms with E-state index in [4.69, 9.17) is 9.47 Å². The fraction of sp³-hybridized carbons (Fsp3) is 0.308. The first-order valence-corrected chi connectivity index (χ1v) is 10.8. The van der Waals surface area contributed by atoms with Gasteiger partial charge < -0.3 is 9.47 Å². The molecule has 2 aromatic carbocycles. The number of fused-ring (bicyclic) bond motifs is 1. The van der Waals surface area contributed by atoms with Crippen LogP contribution in [0.1, 0.15) is 42.1 Å². The van der Waals surface area contributed by atoms with E-state index in [1.807, 2.05) is 18.2 Å². The van der Waals surface area contributed by atoms with Crippen molar-refractivity contribution in [2.24, 2.45) is 0 Å². The van der Waals surface area contributed by atoms with Crippen molar-refractivity contribution in [1.82, 2.24) is 4.98 Å². The topological polar surface area (TPSA) is 48.4 Å². The lowest BCUT2D eigenvalue weighted by atomic mass is 9.85. The van der Waals surface area contributed by atoms with E-state index in [0.29, 0.717) is 31.6 Å². The van der Waals surface area contributed by atoms with E-state index in [9.17, 15) is 9.18 Å². The highest BCUT2D eigenvalue weighted by Gasteiger charge is 2.15. The van der Waals surface area contributed by atoms with Crippen molar-refractivity contribution in [3.8, 4) is 16.9 Å².